The number of fused-ring (bicyclic) bond motifs is 1. The number of ether oxygens (including phenoxy) is 1. The van der Waals surface area contributed by atoms with Crippen molar-refractivity contribution in [3.8, 4) is 11.1 Å². The minimum absolute atomic E-state index is 0.0736. The summed E-state index contributed by atoms with van der Waals surface area (Å²) in [6, 6.07) is 9.60. The van der Waals surface area contributed by atoms with Crippen LogP contribution in [-0.2, 0) is 24.2 Å². The average molecular weight is 535 g/mol. The first-order valence-electron chi connectivity index (χ1n) is 10.9. The summed E-state index contributed by atoms with van der Waals surface area (Å²) >= 11 is 0.876. The smallest absolute Gasteiger partial charge is 0.411 e. The average Bonchev–Trinajstić information content (AvgIpc) is 3.52. The highest BCUT2D eigenvalue weighted by molar-refractivity contribution is 7.91. The third kappa shape index (κ3) is 5.97. The zero-order valence-corrected chi connectivity index (χ0v) is 21.0. The van der Waals surface area contributed by atoms with Gasteiger partial charge in [0.25, 0.3) is 0 Å². The number of hydrogen-bond donors (Lipinski definition) is 3. The molecule has 1 atom stereocenters. The predicted octanol–water partition coefficient (Wildman–Crippen LogP) is 2.76. The molecule has 10 nitrogen and oxygen atoms in total. The van der Waals surface area contributed by atoms with E-state index in [0.29, 0.717) is 21.5 Å². The Morgan fingerprint density at radius 3 is 2.61 bits per heavy atom. The Labute approximate surface area is 210 Å². The fraction of sp³-hybridized carbons (Fsp3) is 0.304. The van der Waals surface area contributed by atoms with Crippen molar-refractivity contribution in [2.24, 2.45) is 0 Å². The van der Waals surface area contributed by atoms with E-state index in [-0.39, 0.29) is 23.1 Å². The van der Waals surface area contributed by atoms with Crippen molar-refractivity contribution in [3.63, 3.8) is 0 Å². The first-order valence-corrected chi connectivity index (χ1v) is 13.6. The number of thiazole rings is 1. The second-order valence-corrected chi connectivity index (χ2v) is 11.5. The largest absolute Gasteiger partial charge is 0.453 e. The SMILES string of the molecule is COC(=O)Nc1cccc(-c2cc(F)c3nc(C(C(=O)NCC(=O)NC4CC4)S(C)(=O)=O)sc3c2)c1. The maximum absolute atomic E-state index is 15.0. The number of halogens is 1. The molecule has 3 amide bonds. The van der Waals surface area contributed by atoms with Crippen LogP contribution in [0.15, 0.2) is 36.4 Å². The Bertz CT molecular complexity index is 1450. The standard InChI is InChI=1S/C23H23FN4O6S2/c1-34-23(31)27-15-5-3-4-12(8-15)13-9-16(24)19-17(10-13)35-22(28-19)20(36(2,32)33)21(30)25-11-18(29)26-14-6-7-14/h3-5,8-10,14,20H,6-7,11H2,1-2H3,(H,25,30)(H,26,29)(H,27,31). The molecule has 1 aliphatic rings. The topological polar surface area (TPSA) is 144 Å². The van der Waals surface area contributed by atoms with Crippen molar-refractivity contribution in [2.45, 2.75) is 24.1 Å². The van der Waals surface area contributed by atoms with E-state index in [9.17, 15) is 22.8 Å². The molecule has 0 spiro atoms. The van der Waals surface area contributed by atoms with Crippen molar-refractivity contribution >= 4 is 55.0 Å². The van der Waals surface area contributed by atoms with Crippen LogP contribution in [0.25, 0.3) is 21.3 Å². The lowest BCUT2D eigenvalue weighted by molar-refractivity contribution is -0.126. The van der Waals surface area contributed by atoms with Crippen LogP contribution in [0.1, 0.15) is 23.1 Å². The van der Waals surface area contributed by atoms with Gasteiger partial charge in [-0.1, -0.05) is 12.1 Å². The normalized spacial score (nSPS) is 14.2. The van der Waals surface area contributed by atoms with Crippen LogP contribution in [0.4, 0.5) is 14.9 Å². The molecular weight excluding hydrogens is 511 g/mol. The third-order valence-electron chi connectivity index (χ3n) is 5.35. The maximum atomic E-state index is 15.0. The van der Waals surface area contributed by atoms with Crippen molar-refractivity contribution in [1.82, 2.24) is 15.6 Å². The number of rotatable bonds is 8. The van der Waals surface area contributed by atoms with E-state index in [1.54, 1.807) is 30.3 Å². The summed E-state index contributed by atoms with van der Waals surface area (Å²) in [5.74, 6) is -2.03. The van der Waals surface area contributed by atoms with Gasteiger partial charge in [-0.25, -0.2) is 22.6 Å². The first kappa shape index (κ1) is 25.5. The molecule has 36 heavy (non-hydrogen) atoms. The molecule has 0 bridgehead atoms. The van der Waals surface area contributed by atoms with Crippen LogP contribution in [0.3, 0.4) is 0 Å². The Hall–Kier alpha value is -3.58. The molecule has 2 aromatic carbocycles. The van der Waals surface area contributed by atoms with Gasteiger partial charge in [-0.3, -0.25) is 14.9 Å². The number of hydrogen-bond acceptors (Lipinski definition) is 8. The van der Waals surface area contributed by atoms with E-state index >= 15 is 4.39 Å². The summed E-state index contributed by atoms with van der Waals surface area (Å²) in [5, 5.41) is 5.77. The fourth-order valence-electron chi connectivity index (χ4n) is 3.49. The van der Waals surface area contributed by atoms with Crippen molar-refractivity contribution in [2.75, 3.05) is 25.2 Å². The van der Waals surface area contributed by atoms with Crippen LogP contribution in [0, 0.1) is 5.82 Å². The number of benzene rings is 2. The van der Waals surface area contributed by atoms with Gasteiger partial charge in [-0.2, -0.15) is 0 Å². The third-order valence-corrected chi connectivity index (χ3v) is 7.86. The summed E-state index contributed by atoms with van der Waals surface area (Å²) in [7, 11) is -2.76. The van der Waals surface area contributed by atoms with E-state index in [2.05, 4.69) is 25.7 Å². The molecule has 0 radical (unpaired) electrons. The fourth-order valence-corrected chi connectivity index (χ4v) is 6.05. The lowest BCUT2D eigenvalue weighted by atomic mass is 10.0. The predicted molar refractivity (Wildman–Crippen MR) is 133 cm³/mol. The molecule has 0 saturated heterocycles. The molecule has 3 N–H and O–H groups in total. The number of aromatic nitrogens is 1. The van der Waals surface area contributed by atoms with Gasteiger partial charge in [0.05, 0.1) is 18.4 Å². The number of anilines is 1. The molecular formula is C23H23FN4O6S2. The number of nitrogens with one attached hydrogen (secondary N) is 3. The number of carbonyl (C=O) groups is 3. The lowest BCUT2D eigenvalue weighted by Crippen LogP contribution is -2.41. The molecule has 3 aromatic rings. The molecule has 13 heteroatoms. The highest BCUT2D eigenvalue weighted by atomic mass is 32.2. The van der Waals surface area contributed by atoms with Crippen LogP contribution < -0.4 is 16.0 Å². The number of sulfone groups is 1. The molecule has 1 aromatic heterocycles. The molecule has 1 fully saturated rings. The number of carbonyl (C=O) groups excluding carboxylic acids is 3. The van der Waals surface area contributed by atoms with Gasteiger partial charge >= 0.3 is 6.09 Å². The van der Waals surface area contributed by atoms with Gasteiger partial charge in [-0.15, -0.1) is 11.3 Å². The molecule has 1 aliphatic carbocycles. The molecule has 4 rings (SSSR count). The monoisotopic (exact) mass is 534 g/mol. The molecule has 1 saturated carbocycles. The highest BCUT2D eigenvalue weighted by Gasteiger charge is 2.35. The van der Waals surface area contributed by atoms with Gasteiger partial charge in [0.2, 0.25) is 11.8 Å². The van der Waals surface area contributed by atoms with Crippen LogP contribution in [-0.4, -0.2) is 57.3 Å². The number of amides is 3. The minimum atomic E-state index is -3.99. The molecule has 0 aliphatic heterocycles. The van der Waals surface area contributed by atoms with Crippen LogP contribution in [0.5, 0.6) is 0 Å². The zero-order valence-electron chi connectivity index (χ0n) is 19.3. The lowest BCUT2D eigenvalue weighted by Gasteiger charge is -2.12. The van der Waals surface area contributed by atoms with Gasteiger partial charge in [0.1, 0.15) is 10.5 Å². The van der Waals surface area contributed by atoms with E-state index in [1.807, 2.05) is 0 Å². The molecule has 1 heterocycles. The summed E-state index contributed by atoms with van der Waals surface area (Å²) in [5.41, 5.74) is 1.40. The van der Waals surface area contributed by atoms with E-state index < -0.39 is 38.8 Å². The van der Waals surface area contributed by atoms with Gasteiger partial charge in [-0.05, 0) is 48.2 Å². The quantitative estimate of drug-likeness (QED) is 0.403. The van der Waals surface area contributed by atoms with Gasteiger partial charge in [0.15, 0.2) is 20.9 Å². The first-order chi connectivity index (χ1) is 17.0. The number of methoxy groups -OCH3 is 1. The summed E-state index contributed by atoms with van der Waals surface area (Å²) in [6.07, 6.45) is 1.97. The van der Waals surface area contributed by atoms with Crippen molar-refractivity contribution in [3.05, 3.63) is 47.2 Å². The Kier molecular flexibility index (Phi) is 7.22. The van der Waals surface area contributed by atoms with Gasteiger partial charge < -0.3 is 15.4 Å². The maximum Gasteiger partial charge on any atom is 0.411 e. The van der Waals surface area contributed by atoms with E-state index in [1.165, 1.54) is 13.2 Å². The summed E-state index contributed by atoms with van der Waals surface area (Å²) in [6.45, 7) is -0.374. The Morgan fingerprint density at radius 2 is 1.94 bits per heavy atom. The molecule has 190 valence electrons. The van der Waals surface area contributed by atoms with Crippen LogP contribution in [0.2, 0.25) is 0 Å². The van der Waals surface area contributed by atoms with Gasteiger partial charge in [0, 0.05) is 18.0 Å². The highest BCUT2D eigenvalue weighted by Crippen LogP contribution is 2.35. The Balaban J connectivity index is 1.62. The number of nitrogens with zero attached hydrogens (tertiary/aromatic N) is 1. The Morgan fingerprint density at radius 1 is 1.19 bits per heavy atom. The second-order valence-electron chi connectivity index (χ2n) is 8.32. The molecule has 1 unspecified atom stereocenters. The summed E-state index contributed by atoms with van der Waals surface area (Å²) < 4.78 is 44.9. The van der Waals surface area contributed by atoms with Crippen molar-refractivity contribution < 1.29 is 31.9 Å². The van der Waals surface area contributed by atoms with E-state index in [0.717, 1.165) is 30.4 Å². The van der Waals surface area contributed by atoms with E-state index in [4.69, 9.17) is 0 Å². The van der Waals surface area contributed by atoms with Crippen molar-refractivity contribution in [1.29, 1.82) is 0 Å². The summed E-state index contributed by atoms with van der Waals surface area (Å²) in [4.78, 5) is 40.3. The minimum Gasteiger partial charge on any atom is -0.453 e. The second kappa shape index (κ2) is 10.2. The van der Waals surface area contributed by atoms with Crippen LogP contribution >= 0.6 is 11.3 Å². The zero-order chi connectivity index (χ0) is 26.0.